The molecule has 0 spiro atoms. The highest BCUT2D eigenvalue weighted by atomic mass is 16.5. The van der Waals surface area contributed by atoms with E-state index in [0.29, 0.717) is 6.10 Å². The van der Waals surface area contributed by atoms with Gasteiger partial charge in [0, 0.05) is 26.2 Å². The Hall–Kier alpha value is -1.20. The summed E-state index contributed by atoms with van der Waals surface area (Å²) in [7, 11) is 0. The highest BCUT2D eigenvalue weighted by molar-refractivity contribution is 5.37. The number of rotatable bonds is 6. The second-order valence-corrected chi connectivity index (χ2v) is 4.80. The number of hydrogen-bond acceptors (Lipinski definition) is 5. The Balaban J connectivity index is 1.85. The second-order valence-electron chi connectivity index (χ2n) is 4.80. The van der Waals surface area contributed by atoms with E-state index in [0.717, 1.165) is 57.1 Å². The number of hydrogen-bond donors (Lipinski definition) is 1. The first-order valence-corrected chi connectivity index (χ1v) is 7.23. The molecule has 0 amide bonds. The maximum absolute atomic E-state index is 5.66. The summed E-state index contributed by atoms with van der Waals surface area (Å²) in [5.41, 5.74) is 0.995. The van der Waals surface area contributed by atoms with Crippen LogP contribution in [0.5, 0.6) is 0 Å². The Morgan fingerprint density at radius 3 is 2.63 bits per heavy atom. The van der Waals surface area contributed by atoms with Crippen LogP contribution in [0.25, 0.3) is 0 Å². The van der Waals surface area contributed by atoms with E-state index in [1.165, 1.54) is 0 Å². The van der Waals surface area contributed by atoms with Crippen LogP contribution in [-0.2, 0) is 11.3 Å². The van der Waals surface area contributed by atoms with Crippen molar-refractivity contribution < 1.29 is 4.74 Å². The number of anilines is 1. The van der Waals surface area contributed by atoms with Crippen LogP contribution in [0, 0.1) is 0 Å². The molecule has 0 unspecified atom stereocenters. The molecule has 106 valence electrons. The molecule has 2 rings (SSSR count). The smallest absolute Gasteiger partial charge is 0.151 e. The van der Waals surface area contributed by atoms with E-state index in [1.54, 1.807) is 0 Å². The van der Waals surface area contributed by atoms with Crippen LogP contribution < -0.4 is 10.2 Å². The summed E-state index contributed by atoms with van der Waals surface area (Å²) in [6, 6.07) is 4.13. The standard InChI is InChI=1S/C14H24N4O/c1-3-15-11-12-5-6-14(17-16-12)18-9-7-13(8-10-18)19-4-2/h5-6,13,15H,3-4,7-11H2,1-2H3. The average molecular weight is 264 g/mol. The summed E-state index contributed by atoms with van der Waals surface area (Å²) in [4.78, 5) is 2.29. The van der Waals surface area contributed by atoms with Gasteiger partial charge in [0.05, 0.1) is 11.8 Å². The van der Waals surface area contributed by atoms with Crippen LogP contribution in [0.4, 0.5) is 5.82 Å². The fourth-order valence-corrected chi connectivity index (χ4v) is 2.36. The molecule has 0 radical (unpaired) electrons. The van der Waals surface area contributed by atoms with E-state index in [1.807, 2.05) is 0 Å². The first-order valence-electron chi connectivity index (χ1n) is 7.23. The lowest BCUT2D eigenvalue weighted by Crippen LogP contribution is -2.37. The average Bonchev–Trinajstić information content (AvgIpc) is 2.47. The van der Waals surface area contributed by atoms with Gasteiger partial charge in [-0.1, -0.05) is 6.92 Å². The Morgan fingerprint density at radius 2 is 2.05 bits per heavy atom. The molecule has 1 aliphatic heterocycles. The third-order valence-electron chi connectivity index (χ3n) is 3.43. The van der Waals surface area contributed by atoms with Gasteiger partial charge in [-0.05, 0) is 38.4 Å². The van der Waals surface area contributed by atoms with Crippen molar-refractivity contribution in [3.8, 4) is 0 Å². The van der Waals surface area contributed by atoms with Crippen LogP contribution in [0.3, 0.4) is 0 Å². The topological polar surface area (TPSA) is 50.3 Å². The third-order valence-corrected chi connectivity index (χ3v) is 3.43. The van der Waals surface area contributed by atoms with Gasteiger partial charge in [0.25, 0.3) is 0 Å². The zero-order valence-electron chi connectivity index (χ0n) is 11.9. The summed E-state index contributed by atoms with van der Waals surface area (Å²) < 4.78 is 5.66. The van der Waals surface area contributed by atoms with Crippen molar-refractivity contribution in [2.45, 2.75) is 39.3 Å². The van der Waals surface area contributed by atoms with Gasteiger partial charge < -0.3 is 15.0 Å². The molecular weight excluding hydrogens is 240 g/mol. The Kier molecular flexibility index (Phi) is 5.54. The normalized spacial score (nSPS) is 16.8. The minimum Gasteiger partial charge on any atom is -0.378 e. The molecule has 5 heteroatoms. The molecule has 0 atom stereocenters. The van der Waals surface area contributed by atoms with E-state index < -0.39 is 0 Å². The third kappa shape index (κ3) is 4.14. The van der Waals surface area contributed by atoms with E-state index in [2.05, 4.69) is 46.4 Å². The number of ether oxygens (including phenoxy) is 1. The van der Waals surface area contributed by atoms with Crippen LogP contribution in [0.2, 0.25) is 0 Å². The van der Waals surface area contributed by atoms with Gasteiger partial charge in [-0.25, -0.2) is 0 Å². The van der Waals surface area contributed by atoms with Crippen molar-refractivity contribution in [3.05, 3.63) is 17.8 Å². The van der Waals surface area contributed by atoms with Crippen LogP contribution in [-0.4, -0.2) is 42.5 Å². The van der Waals surface area contributed by atoms with Crippen LogP contribution in [0.15, 0.2) is 12.1 Å². The molecule has 0 aliphatic carbocycles. The fraction of sp³-hybridized carbons (Fsp3) is 0.714. The van der Waals surface area contributed by atoms with Crippen molar-refractivity contribution >= 4 is 5.82 Å². The Labute approximate surface area is 115 Å². The van der Waals surface area contributed by atoms with Crippen molar-refractivity contribution in [1.82, 2.24) is 15.5 Å². The van der Waals surface area contributed by atoms with Gasteiger partial charge in [0.15, 0.2) is 5.82 Å². The van der Waals surface area contributed by atoms with Crippen LogP contribution in [0.1, 0.15) is 32.4 Å². The van der Waals surface area contributed by atoms with Crippen molar-refractivity contribution in [2.75, 3.05) is 31.1 Å². The monoisotopic (exact) mass is 264 g/mol. The summed E-state index contributed by atoms with van der Waals surface area (Å²) >= 11 is 0. The first-order chi connectivity index (χ1) is 9.33. The molecule has 19 heavy (non-hydrogen) atoms. The quantitative estimate of drug-likeness (QED) is 0.845. The zero-order chi connectivity index (χ0) is 13.5. The van der Waals surface area contributed by atoms with Gasteiger partial charge in [-0.3, -0.25) is 0 Å². The molecule has 1 aliphatic rings. The maximum Gasteiger partial charge on any atom is 0.151 e. The van der Waals surface area contributed by atoms with Gasteiger partial charge in [-0.2, -0.15) is 5.10 Å². The molecule has 1 N–H and O–H groups in total. The molecule has 5 nitrogen and oxygen atoms in total. The predicted octanol–water partition coefficient (Wildman–Crippen LogP) is 1.59. The summed E-state index contributed by atoms with van der Waals surface area (Å²) in [6.45, 7) is 8.71. The summed E-state index contributed by atoms with van der Waals surface area (Å²) in [5, 5.41) is 11.8. The fourth-order valence-electron chi connectivity index (χ4n) is 2.36. The largest absolute Gasteiger partial charge is 0.378 e. The number of piperidine rings is 1. The van der Waals surface area contributed by atoms with E-state index >= 15 is 0 Å². The van der Waals surface area contributed by atoms with Gasteiger partial charge in [0.1, 0.15) is 0 Å². The van der Waals surface area contributed by atoms with E-state index in [-0.39, 0.29) is 0 Å². The Morgan fingerprint density at radius 1 is 1.26 bits per heavy atom. The van der Waals surface area contributed by atoms with E-state index in [9.17, 15) is 0 Å². The Bertz CT molecular complexity index is 360. The SMILES string of the molecule is CCNCc1ccc(N2CCC(OCC)CC2)nn1. The maximum atomic E-state index is 5.66. The molecular formula is C14H24N4O. The van der Waals surface area contributed by atoms with Gasteiger partial charge in [0.2, 0.25) is 0 Å². The number of nitrogens with zero attached hydrogens (tertiary/aromatic N) is 3. The van der Waals surface area contributed by atoms with Crippen molar-refractivity contribution in [3.63, 3.8) is 0 Å². The molecule has 1 aromatic heterocycles. The summed E-state index contributed by atoms with van der Waals surface area (Å²) in [6.07, 6.45) is 2.57. The number of nitrogens with one attached hydrogen (secondary N) is 1. The molecule has 1 saturated heterocycles. The van der Waals surface area contributed by atoms with E-state index in [4.69, 9.17) is 4.74 Å². The zero-order valence-corrected chi connectivity index (χ0v) is 11.9. The minimum absolute atomic E-state index is 0.419. The second kappa shape index (κ2) is 7.40. The molecule has 0 bridgehead atoms. The minimum atomic E-state index is 0.419. The lowest BCUT2D eigenvalue weighted by Gasteiger charge is -2.32. The lowest BCUT2D eigenvalue weighted by molar-refractivity contribution is 0.0458. The summed E-state index contributed by atoms with van der Waals surface area (Å²) in [5.74, 6) is 0.982. The van der Waals surface area contributed by atoms with Crippen LogP contribution >= 0.6 is 0 Å². The molecule has 0 aromatic carbocycles. The highest BCUT2D eigenvalue weighted by Crippen LogP contribution is 2.19. The van der Waals surface area contributed by atoms with Gasteiger partial charge in [-0.15, -0.1) is 5.10 Å². The molecule has 1 fully saturated rings. The molecule has 0 saturated carbocycles. The molecule has 2 heterocycles. The first kappa shape index (κ1) is 14.2. The highest BCUT2D eigenvalue weighted by Gasteiger charge is 2.20. The molecule has 1 aromatic rings. The van der Waals surface area contributed by atoms with Crippen molar-refractivity contribution in [2.24, 2.45) is 0 Å². The van der Waals surface area contributed by atoms with Gasteiger partial charge >= 0.3 is 0 Å². The number of aromatic nitrogens is 2. The van der Waals surface area contributed by atoms with Crippen molar-refractivity contribution in [1.29, 1.82) is 0 Å². The predicted molar refractivity (Wildman–Crippen MR) is 76.3 cm³/mol. The lowest BCUT2D eigenvalue weighted by atomic mass is 10.1.